The number of carbonyl (C=O) groups is 2. The molecule has 0 unspecified atom stereocenters. The number of aromatic nitrogens is 1. The molecular formula is C23H29N5O2. The maximum absolute atomic E-state index is 13.5. The summed E-state index contributed by atoms with van der Waals surface area (Å²) in [5.74, 6) is 1.07. The number of carbonyl (C=O) groups excluding carboxylic acids is 2. The van der Waals surface area contributed by atoms with Crippen molar-refractivity contribution < 1.29 is 9.59 Å². The lowest BCUT2D eigenvalue weighted by Crippen LogP contribution is -2.52. The van der Waals surface area contributed by atoms with Crippen LogP contribution in [0, 0.1) is 5.92 Å². The first-order valence-corrected chi connectivity index (χ1v) is 10.6. The molecule has 2 aliphatic heterocycles. The molecule has 7 heteroatoms. The molecule has 0 spiro atoms. The second-order valence-electron chi connectivity index (χ2n) is 8.47. The van der Waals surface area contributed by atoms with Gasteiger partial charge in [0.05, 0.1) is 6.67 Å². The number of hydrogen-bond donors (Lipinski definition) is 1. The molecule has 1 aromatic heterocycles. The van der Waals surface area contributed by atoms with E-state index in [1.54, 1.807) is 6.20 Å². The summed E-state index contributed by atoms with van der Waals surface area (Å²) < 4.78 is 0. The molecule has 3 heterocycles. The first kappa shape index (κ1) is 20.3. The maximum Gasteiger partial charge on any atom is 0.326 e. The summed E-state index contributed by atoms with van der Waals surface area (Å²) in [4.78, 5) is 36.6. The van der Waals surface area contributed by atoms with Crippen molar-refractivity contribution in [2.45, 2.75) is 25.8 Å². The van der Waals surface area contributed by atoms with Gasteiger partial charge in [-0.2, -0.15) is 0 Å². The number of pyridine rings is 1. The summed E-state index contributed by atoms with van der Waals surface area (Å²) in [6, 6.07) is 15.2. The number of urea groups is 1. The molecule has 0 saturated carbocycles. The molecule has 30 heavy (non-hydrogen) atoms. The third-order valence-electron chi connectivity index (χ3n) is 5.84. The lowest BCUT2D eigenvalue weighted by Gasteiger charge is -2.36. The average Bonchev–Trinajstić information content (AvgIpc) is 3.00. The summed E-state index contributed by atoms with van der Waals surface area (Å²) in [6.45, 7) is 7.64. The molecule has 2 aromatic rings. The van der Waals surface area contributed by atoms with Crippen LogP contribution >= 0.6 is 0 Å². The van der Waals surface area contributed by atoms with Crippen molar-refractivity contribution in [2.24, 2.45) is 5.92 Å². The number of anilines is 1. The van der Waals surface area contributed by atoms with Crippen LogP contribution in [-0.2, 0) is 10.3 Å². The number of nitrogens with one attached hydrogen (secondary N) is 1. The molecule has 0 bridgehead atoms. The van der Waals surface area contributed by atoms with Crippen molar-refractivity contribution in [1.29, 1.82) is 0 Å². The number of nitrogens with zero attached hydrogens (tertiary/aromatic N) is 4. The molecule has 2 saturated heterocycles. The molecule has 2 aliphatic rings. The van der Waals surface area contributed by atoms with Gasteiger partial charge in [0, 0.05) is 32.4 Å². The van der Waals surface area contributed by atoms with Gasteiger partial charge in [0.15, 0.2) is 0 Å². The van der Waals surface area contributed by atoms with Gasteiger partial charge in [-0.05, 0) is 30.0 Å². The number of imide groups is 1. The number of hydrogen-bond acceptors (Lipinski definition) is 5. The number of rotatable bonds is 6. The lowest BCUT2D eigenvalue weighted by molar-refractivity contribution is -0.133. The quantitative estimate of drug-likeness (QED) is 0.746. The Kier molecular flexibility index (Phi) is 5.72. The van der Waals surface area contributed by atoms with Gasteiger partial charge in [0.2, 0.25) is 0 Å². The monoisotopic (exact) mass is 407 g/mol. The van der Waals surface area contributed by atoms with Crippen molar-refractivity contribution in [3.8, 4) is 0 Å². The number of piperazine rings is 1. The zero-order valence-electron chi connectivity index (χ0n) is 17.6. The van der Waals surface area contributed by atoms with Crippen LogP contribution in [0.4, 0.5) is 10.6 Å². The molecule has 1 atom stereocenters. The first-order valence-electron chi connectivity index (χ1n) is 10.6. The van der Waals surface area contributed by atoms with E-state index in [1.165, 1.54) is 4.90 Å². The molecule has 3 amide bonds. The average molecular weight is 408 g/mol. The molecule has 0 aliphatic carbocycles. The highest BCUT2D eigenvalue weighted by atomic mass is 16.2. The highest BCUT2D eigenvalue weighted by molar-refractivity contribution is 6.07. The number of benzene rings is 1. The molecule has 0 radical (unpaired) electrons. The normalized spacial score (nSPS) is 22.6. The molecule has 2 fully saturated rings. The predicted molar refractivity (Wildman–Crippen MR) is 116 cm³/mol. The second-order valence-corrected chi connectivity index (χ2v) is 8.47. The smallest absolute Gasteiger partial charge is 0.326 e. The standard InChI is InChI=1S/C23H29N5O2/c1-18(2)16-23(19-8-4-3-5-9-19)21(29)28(22(30)25-23)17-26-12-14-27(15-13-26)20-10-6-7-11-24-20/h3-11,18H,12-17H2,1-2H3,(H,25,30)/t23-/m0/s1. The van der Waals surface area contributed by atoms with Gasteiger partial charge in [-0.25, -0.2) is 14.7 Å². The lowest BCUT2D eigenvalue weighted by atomic mass is 9.82. The van der Waals surface area contributed by atoms with Crippen molar-refractivity contribution >= 4 is 17.8 Å². The van der Waals surface area contributed by atoms with Crippen LogP contribution in [0.2, 0.25) is 0 Å². The largest absolute Gasteiger partial charge is 0.354 e. The van der Waals surface area contributed by atoms with E-state index in [2.05, 4.69) is 33.9 Å². The molecular weight excluding hydrogens is 378 g/mol. The van der Waals surface area contributed by atoms with Crippen molar-refractivity contribution in [3.63, 3.8) is 0 Å². The summed E-state index contributed by atoms with van der Waals surface area (Å²) in [5.41, 5.74) is -0.137. The van der Waals surface area contributed by atoms with Gasteiger partial charge < -0.3 is 10.2 Å². The van der Waals surface area contributed by atoms with E-state index >= 15 is 0 Å². The Morgan fingerprint density at radius 2 is 1.70 bits per heavy atom. The van der Waals surface area contributed by atoms with Crippen LogP contribution in [0.15, 0.2) is 54.7 Å². The molecule has 1 N–H and O–H groups in total. The van der Waals surface area contributed by atoms with Crippen LogP contribution in [0.5, 0.6) is 0 Å². The van der Waals surface area contributed by atoms with Crippen molar-refractivity contribution in [2.75, 3.05) is 37.7 Å². The van der Waals surface area contributed by atoms with E-state index in [4.69, 9.17) is 0 Å². The zero-order valence-corrected chi connectivity index (χ0v) is 17.6. The van der Waals surface area contributed by atoms with E-state index in [-0.39, 0.29) is 17.9 Å². The fourth-order valence-corrected chi connectivity index (χ4v) is 4.40. The minimum absolute atomic E-state index is 0.153. The van der Waals surface area contributed by atoms with E-state index in [9.17, 15) is 9.59 Å². The van der Waals surface area contributed by atoms with Gasteiger partial charge >= 0.3 is 6.03 Å². The Hall–Kier alpha value is -2.93. The minimum Gasteiger partial charge on any atom is -0.354 e. The van der Waals surface area contributed by atoms with Crippen LogP contribution in [0.3, 0.4) is 0 Å². The Morgan fingerprint density at radius 1 is 1.00 bits per heavy atom. The Morgan fingerprint density at radius 3 is 2.33 bits per heavy atom. The number of amides is 3. The molecule has 158 valence electrons. The van der Waals surface area contributed by atoms with Gasteiger partial charge in [-0.1, -0.05) is 50.2 Å². The molecule has 4 rings (SSSR count). The van der Waals surface area contributed by atoms with Gasteiger partial charge in [-0.15, -0.1) is 0 Å². The Labute approximate surface area is 177 Å². The fraction of sp³-hybridized carbons (Fsp3) is 0.435. The van der Waals surface area contributed by atoms with Gasteiger partial charge in [-0.3, -0.25) is 9.69 Å². The van der Waals surface area contributed by atoms with E-state index in [0.717, 1.165) is 37.6 Å². The summed E-state index contributed by atoms with van der Waals surface area (Å²) in [7, 11) is 0. The molecule has 1 aromatic carbocycles. The highest BCUT2D eigenvalue weighted by Gasteiger charge is 2.52. The third-order valence-corrected chi connectivity index (χ3v) is 5.84. The minimum atomic E-state index is -0.984. The Balaban J connectivity index is 1.46. The Bertz CT molecular complexity index is 881. The molecule has 7 nitrogen and oxygen atoms in total. The van der Waals surface area contributed by atoms with Crippen LogP contribution in [0.1, 0.15) is 25.8 Å². The van der Waals surface area contributed by atoms with E-state index in [1.807, 2.05) is 48.5 Å². The summed E-state index contributed by atoms with van der Waals surface area (Å²) in [6.07, 6.45) is 2.37. The SMILES string of the molecule is CC(C)C[C@@]1(c2ccccc2)NC(=O)N(CN2CCN(c3ccccn3)CC2)C1=O. The fourth-order valence-electron chi connectivity index (χ4n) is 4.40. The summed E-state index contributed by atoms with van der Waals surface area (Å²) >= 11 is 0. The third kappa shape index (κ3) is 3.89. The van der Waals surface area contributed by atoms with Gasteiger partial charge in [0.25, 0.3) is 5.91 Å². The van der Waals surface area contributed by atoms with Crippen LogP contribution in [-0.4, -0.2) is 59.6 Å². The maximum atomic E-state index is 13.5. The summed E-state index contributed by atoms with van der Waals surface area (Å²) in [5, 5.41) is 3.03. The van der Waals surface area contributed by atoms with Crippen LogP contribution < -0.4 is 10.2 Å². The predicted octanol–water partition coefficient (Wildman–Crippen LogP) is 2.65. The van der Waals surface area contributed by atoms with Crippen LogP contribution in [0.25, 0.3) is 0 Å². The van der Waals surface area contributed by atoms with Gasteiger partial charge in [0.1, 0.15) is 11.4 Å². The first-order chi connectivity index (χ1) is 14.5. The van der Waals surface area contributed by atoms with E-state index in [0.29, 0.717) is 13.1 Å². The zero-order chi connectivity index (χ0) is 21.1. The topological polar surface area (TPSA) is 68.8 Å². The van der Waals surface area contributed by atoms with Crippen molar-refractivity contribution in [3.05, 3.63) is 60.3 Å². The second kappa shape index (κ2) is 8.44. The highest BCUT2D eigenvalue weighted by Crippen LogP contribution is 2.35. The van der Waals surface area contributed by atoms with Crippen molar-refractivity contribution in [1.82, 2.24) is 20.1 Å². The van der Waals surface area contributed by atoms with E-state index < -0.39 is 5.54 Å².